The van der Waals surface area contributed by atoms with Crippen LogP contribution in [0.2, 0.25) is 0 Å². The van der Waals surface area contributed by atoms with Gasteiger partial charge in [0.05, 0.1) is 19.3 Å². The van der Waals surface area contributed by atoms with Crippen molar-refractivity contribution in [1.29, 1.82) is 0 Å². The minimum Gasteiger partial charge on any atom is -0.497 e. The summed E-state index contributed by atoms with van der Waals surface area (Å²) in [6, 6.07) is 8.05. The molecule has 0 aliphatic carbocycles. The Kier molecular flexibility index (Phi) is 2.80. The molecule has 0 saturated heterocycles. The molecule has 18 heavy (non-hydrogen) atoms. The summed E-state index contributed by atoms with van der Waals surface area (Å²) in [4.78, 5) is 4.68. The van der Waals surface area contributed by atoms with Crippen LogP contribution in [0.25, 0.3) is 11.3 Å². The monoisotopic (exact) mass is 243 g/mol. The molecule has 3 rings (SSSR count). The highest BCUT2D eigenvalue weighted by Crippen LogP contribution is 2.31. The van der Waals surface area contributed by atoms with Crippen molar-refractivity contribution in [3.8, 4) is 17.0 Å². The zero-order valence-corrected chi connectivity index (χ0v) is 10.5. The number of hydrogen-bond donors (Lipinski definition) is 1. The lowest BCUT2D eigenvalue weighted by molar-refractivity contribution is 0.415. The molecule has 4 nitrogen and oxygen atoms in total. The molecule has 1 aromatic heterocycles. The van der Waals surface area contributed by atoms with Gasteiger partial charge in [0.2, 0.25) is 0 Å². The number of ether oxygens (including phenoxy) is 1. The number of nitrogens with zero attached hydrogens (tertiary/aromatic N) is 2. The molecule has 0 saturated carbocycles. The zero-order chi connectivity index (χ0) is 12.5. The maximum atomic E-state index is 5.76. The van der Waals surface area contributed by atoms with Gasteiger partial charge in [0.1, 0.15) is 11.6 Å². The third kappa shape index (κ3) is 1.69. The summed E-state index contributed by atoms with van der Waals surface area (Å²) in [6.07, 6.45) is 2.27. The first-order chi connectivity index (χ1) is 8.83. The van der Waals surface area contributed by atoms with E-state index >= 15 is 0 Å². The molecule has 1 aromatic carbocycles. The SMILES string of the molecule is COc1cccc(-c2nc(CN)n3c2CCC3)c1. The third-order valence-electron chi connectivity index (χ3n) is 3.47. The van der Waals surface area contributed by atoms with Gasteiger partial charge in [0, 0.05) is 17.8 Å². The van der Waals surface area contributed by atoms with Gasteiger partial charge in [-0.25, -0.2) is 4.98 Å². The predicted molar refractivity (Wildman–Crippen MR) is 70.4 cm³/mol. The van der Waals surface area contributed by atoms with Crippen LogP contribution in [0.1, 0.15) is 17.9 Å². The molecule has 0 radical (unpaired) electrons. The Bertz CT molecular complexity index is 574. The van der Waals surface area contributed by atoms with Crippen molar-refractivity contribution in [2.24, 2.45) is 5.73 Å². The zero-order valence-electron chi connectivity index (χ0n) is 10.5. The second kappa shape index (κ2) is 4.46. The van der Waals surface area contributed by atoms with Crippen molar-refractivity contribution in [3.05, 3.63) is 35.8 Å². The lowest BCUT2D eigenvalue weighted by Gasteiger charge is -2.03. The Morgan fingerprint density at radius 1 is 1.44 bits per heavy atom. The normalized spacial score (nSPS) is 13.7. The summed E-state index contributed by atoms with van der Waals surface area (Å²) in [5, 5.41) is 0. The topological polar surface area (TPSA) is 53.1 Å². The molecule has 0 unspecified atom stereocenters. The van der Waals surface area contributed by atoms with Crippen molar-refractivity contribution < 1.29 is 4.74 Å². The smallest absolute Gasteiger partial charge is 0.123 e. The molecule has 1 aliphatic heterocycles. The fourth-order valence-electron chi connectivity index (χ4n) is 2.62. The Hall–Kier alpha value is -1.81. The highest BCUT2D eigenvalue weighted by atomic mass is 16.5. The van der Waals surface area contributed by atoms with E-state index in [1.165, 1.54) is 12.1 Å². The van der Waals surface area contributed by atoms with Gasteiger partial charge < -0.3 is 15.0 Å². The number of aromatic nitrogens is 2. The fraction of sp³-hybridized carbons (Fsp3) is 0.357. The van der Waals surface area contributed by atoms with E-state index in [4.69, 9.17) is 10.5 Å². The minimum atomic E-state index is 0.497. The van der Waals surface area contributed by atoms with E-state index in [9.17, 15) is 0 Å². The van der Waals surface area contributed by atoms with Gasteiger partial charge in [-0.3, -0.25) is 0 Å². The quantitative estimate of drug-likeness (QED) is 0.896. The van der Waals surface area contributed by atoms with Crippen LogP contribution >= 0.6 is 0 Å². The Morgan fingerprint density at radius 2 is 2.33 bits per heavy atom. The van der Waals surface area contributed by atoms with E-state index in [0.717, 1.165) is 35.8 Å². The molecule has 0 fully saturated rings. The minimum absolute atomic E-state index is 0.497. The predicted octanol–water partition coefficient (Wildman–Crippen LogP) is 1.96. The molecule has 4 heteroatoms. The van der Waals surface area contributed by atoms with Gasteiger partial charge in [-0.05, 0) is 25.0 Å². The summed E-state index contributed by atoms with van der Waals surface area (Å²) in [6.45, 7) is 1.54. The molecule has 94 valence electrons. The van der Waals surface area contributed by atoms with Crippen LogP contribution in [-0.4, -0.2) is 16.7 Å². The molecule has 0 amide bonds. The number of fused-ring (bicyclic) bond motifs is 1. The summed E-state index contributed by atoms with van der Waals surface area (Å²) in [7, 11) is 1.68. The molecular weight excluding hydrogens is 226 g/mol. The van der Waals surface area contributed by atoms with E-state index in [0.29, 0.717) is 6.54 Å². The Balaban J connectivity index is 2.11. The van der Waals surface area contributed by atoms with Crippen LogP contribution < -0.4 is 10.5 Å². The molecule has 0 spiro atoms. The maximum absolute atomic E-state index is 5.76. The average molecular weight is 243 g/mol. The molecule has 0 bridgehead atoms. The van der Waals surface area contributed by atoms with Gasteiger partial charge in [-0.1, -0.05) is 12.1 Å². The van der Waals surface area contributed by atoms with E-state index < -0.39 is 0 Å². The first-order valence-corrected chi connectivity index (χ1v) is 6.26. The first-order valence-electron chi connectivity index (χ1n) is 6.26. The second-order valence-corrected chi connectivity index (χ2v) is 4.51. The van der Waals surface area contributed by atoms with Crippen molar-refractivity contribution in [2.45, 2.75) is 25.9 Å². The third-order valence-corrected chi connectivity index (χ3v) is 3.47. The van der Waals surface area contributed by atoms with Gasteiger partial charge in [-0.2, -0.15) is 0 Å². The number of rotatable bonds is 3. The standard InChI is InChI=1S/C14H17N3O/c1-18-11-5-2-4-10(8-11)14-12-6-3-7-17(12)13(9-15)16-14/h2,4-5,8H,3,6-7,9,15H2,1H3. The Morgan fingerprint density at radius 3 is 3.11 bits per heavy atom. The fourth-order valence-corrected chi connectivity index (χ4v) is 2.62. The summed E-state index contributed by atoms with van der Waals surface area (Å²) >= 11 is 0. The molecule has 0 atom stereocenters. The van der Waals surface area contributed by atoms with Gasteiger partial charge >= 0.3 is 0 Å². The van der Waals surface area contributed by atoms with Gasteiger partial charge in [0.15, 0.2) is 0 Å². The number of hydrogen-bond acceptors (Lipinski definition) is 3. The van der Waals surface area contributed by atoms with E-state index in [2.05, 4.69) is 15.6 Å². The van der Waals surface area contributed by atoms with Gasteiger partial charge in [-0.15, -0.1) is 0 Å². The van der Waals surface area contributed by atoms with Crippen LogP contribution in [0, 0.1) is 0 Å². The van der Waals surface area contributed by atoms with Crippen molar-refractivity contribution in [1.82, 2.24) is 9.55 Å². The van der Waals surface area contributed by atoms with Gasteiger partial charge in [0.25, 0.3) is 0 Å². The largest absolute Gasteiger partial charge is 0.497 e. The number of imidazole rings is 1. The lowest BCUT2D eigenvalue weighted by atomic mass is 10.1. The molecule has 2 N–H and O–H groups in total. The average Bonchev–Trinajstić information content (AvgIpc) is 3.00. The van der Waals surface area contributed by atoms with E-state index in [1.807, 2.05) is 18.2 Å². The van der Waals surface area contributed by atoms with Crippen molar-refractivity contribution in [3.63, 3.8) is 0 Å². The highest BCUT2D eigenvalue weighted by Gasteiger charge is 2.21. The van der Waals surface area contributed by atoms with Crippen LogP contribution in [0.15, 0.2) is 24.3 Å². The van der Waals surface area contributed by atoms with Crippen molar-refractivity contribution >= 4 is 0 Å². The van der Waals surface area contributed by atoms with E-state index in [1.54, 1.807) is 7.11 Å². The maximum Gasteiger partial charge on any atom is 0.123 e. The Labute approximate surface area is 106 Å². The summed E-state index contributed by atoms with van der Waals surface area (Å²) in [5.41, 5.74) is 9.24. The molecule has 1 aliphatic rings. The van der Waals surface area contributed by atoms with Crippen molar-refractivity contribution in [2.75, 3.05) is 7.11 Å². The summed E-state index contributed by atoms with van der Waals surface area (Å²) in [5.74, 6) is 1.85. The van der Waals surface area contributed by atoms with Crippen LogP contribution in [0.4, 0.5) is 0 Å². The van der Waals surface area contributed by atoms with Crippen LogP contribution in [-0.2, 0) is 19.5 Å². The summed E-state index contributed by atoms with van der Waals surface area (Å²) < 4.78 is 7.53. The second-order valence-electron chi connectivity index (χ2n) is 4.51. The molecule has 2 aromatic rings. The van der Waals surface area contributed by atoms with Crippen LogP contribution in [0.3, 0.4) is 0 Å². The van der Waals surface area contributed by atoms with E-state index in [-0.39, 0.29) is 0 Å². The highest BCUT2D eigenvalue weighted by molar-refractivity contribution is 5.64. The van der Waals surface area contributed by atoms with Crippen LogP contribution in [0.5, 0.6) is 5.75 Å². The lowest BCUT2D eigenvalue weighted by Crippen LogP contribution is -2.06. The first kappa shape index (κ1) is 11.3. The number of benzene rings is 1. The number of nitrogens with two attached hydrogens (primary N) is 1. The number of methoxy groups -OCH3 is 1. The molecular formula is C14H17N3O. The molecule has 2 heterocycles.